The Kier molecular flexibility index (Phi) is 5.32. The third-order valence-electron chi connectivity index (χ3n) is 5.04. The van der Waals surface area contributed by atoms with Crippen LogP contribution in [0.4, 0.5) is 11.4 Å². The summed E-state index contributed by atoms with van der Waals surface area (Å²) in [6, 6.07) is 14.6. The predicted octanol–water partition coefficient (Wildman–Crippen LogP) is 3.53. The number of rotatable bonds is 5. The van der Waals surface area contributed by atoms with Gasteiger partial charge in [-0.25, -0.2) is 0 Å². The standard InChI is InChI=1S/C20H23N3O3/c1-15-16(8-6-11-18(15)23(25)26)14-21(2)19-12-7-13-22(20(19)24)17-9-4-3-5-10-17/h3-6,8-11,19H,7,12-14H2,1-2H3. The van der Waals surface area contributed by atoms with Crippen LogP contribution in [-0.2, 0) is 11.3 Å². The van der Waals surface area contributed by atoms with Crippen LogP contribution in [0.1, 0.15) is 24.0 Å². The van der Waals surface area contributed by atoms with E-state index in [4.69, 9.17) is 0 Å². The number of carbonyl (C=O) groups is 1. The van der Waals surface area contributed by atoms with Crippen molar-refractivity contribution in [2.24, 2.45) is 0 Å². The molecule has 6 nitrogen and oxygen atoms in total. The topological polar surface area (TPSA) is 66.7 Å². The molecule has 136 valence electrons. The Labute approximate surface area is 153 Å². The quantitative estimate of drug-likeness (QED) is 0.609. The van der Waals surface area contributed by atoms with Gasteiger partial charge in [0.1, 0.15) is 0 Å². The van der Waals surface area contributed by atoms with Crippen molar-refractivity contribution in [1.82, 2.24) is 4.90 Å². The molecule has 2 aromatic rings. The fourth-order valence-corrected chi connectivity index (χ4v) is 3.55. The minimum Gasteiger partial charge on any atom is -0.311 e. The summed E-state index contributed by atoms with van der Waals surface area (Å²) in [4.78, 5) is 27.6. The smallest absolute Gasteiger partial charge is 0.272 e. The molecule has 0 saturated carbocycles. The largest absolute Gasteiger partial charge is 0.311 e. The van der Waals surface area contributed by atoms with E-state index >= 15 is 0 Å². The minimum atomic E-state index is -0.359. The maximum Gasteiger partial charge on any atom is 0.272 e. The number of carbonyl (C=O) groups excluding carboxylic acids is 1. The van der Waals surface area contributed by atoms with Gasteiger partial charge in [-0.1, -0.05) is 30.3 Å². The number of likely N-dealkylation sites (N-methyl/N-ethyl adjacent to an activating group) is 1. The number of nitrogens with zero attached hydrogens (tertiary/aromatic N) is 3. The molecular formula is C20H23N3O3. The second kappa shape index (κ2) is 7.66. The first-order valence-corrected chi connectivity index (χ1v) is 8.78. The monoisotopic (exact) mass is 353 g/mol. The summed E-state index contributed by atoms with van der Waals surface area (Å²) in [6.07, 6.45) is 1.73. The van der Waals surface area contributed by atoms with Gasteiger partial charge in [0.15, 0.2) is 0 Å². The van der Waals surface area contributed by atoms with Crippen LogP contribution in [0, 0.1) is 17.0 Å². The number of para-hydroxylation sites is 1. The number of nitro groups is 1. The zero-order valence-corrected chi connectivity index (χ0v) is 15.1. The average Bonchev–Trinajstić information content (AvgIpc) is 2.64. The molecule has 1 fully saturated rings. The minimum absolute atomic E-state index is 0.0908. The molecule has 6 heteroatoms. The van der Waals surface area contributed by atoms with Crippen LogP contribution in [0.2, 0.25) is 0 Å². The van der Waals surface area contributed by atoms with E-state index in [-0.39, 0.29) is 22.6 Å². The molecule has 0 spiro atoms. The van der Waals surface area contributed by atoms with E-state index in [1.807, 2.05) is 53.2 Å². The second-order valence-corrected chi connectivity index (χ2v) is 6.72. The highest BCUT2D eigenvalue weighted by atomic mass is 16.6. The summed E-state index contributed by atoms with van der Waals surface area (Å²) in [5.41, 5.74) is 2.58. The molecule has 3 rings (SSSR count). The summed E-state index contributed by atoms with van der Waals surface area (Å²) in [5.74, 6) is 0.0908. The number of hydrogen-bond acceptors (Lipinski definition) is 4. The lowest BCUT2D eigenvalue weighted by atomic mass is 10.0. The number of benzene rings is 2. The summed E-state index contributed by atoms with van der Waals surface area (Å²) >= 11 is 0. The van der Waals surface area contributed by atoms with Gasteiger partial charge in [0.05, 0.1) is 11.0 Å². The number of piperidine rings is 1. The van der Waals surface area contributed by atoms with Crippen LogP contribution in [-0.4, -0.2) is 35.4 Å². The van der Waals surface area contributed by atoms with Crippen molar-refractivity contribution in [3.8, 4) is 0 Å². The van der Waals surface area contributed by atoms with Crippen molar-refractivity contribution in [2.75, 3.05) is 18.5 Å². The number of amides is 1. The molecule has 1 atom stereocenters. The van der Waals surface area contributed by atoms with Crippen LogP contribution >= 0.6 is 0 Å². The molecule has 0 aliphatic carbocycles. The molecule has 1 heterocycles. The van der Waals surface area contributed by atoms with Crippen LogP contribution in [0.25, 0.3) is 0 Å². The SMILES string of the molecule is Cc1c(CN(C)C2CCCN(c3ccccc3)C2=O)cccc1[N+](=O)[O-]. The third-order valence-corrected chi connectivity index (χ3v) is 5.04. The Balaban J connectivity index is 1.78. The van der Waals surface area contributed by atoms with Gasteiger partial charge >= 0.3 is 0 Å². The Hall–Kier alpha value is -2.73. The second-order valence-electron chi connectivity index (χ2n) is 6.72. The van der Waals surface area contributed by atoms with Gasteiger partial charge in [-0.05, 0) is 44.5 Å². The van der Waals surface area contributed by atoms with E-state index in [9.17, 15) is 14.9 Å². The molecule has 1 aliphatic heterocycles. The van der Waals surface area contributed by atoms with Gasteiger partial charge in [-0.3, -0.25) is 19.8 Å². The number of nitro benzene ring substituents is 1. The zero-order chi connectivity index (χ0) is 18.7. The lowest BCUT2D eigenvalue weighted by molar-refractivity contribution is -0.385. The van der Waals surface area contributed by atoms with Crippen molar-refractivity contribution in [1.29, 1.82) is 0 Å². The molecule has 0 bridgehead atoms. The molecule has 2 aromatic carbocycles. The molecular weight excluding hydrogens is 330 g/mol. The maximum atomic E-state index is 13.0. The van der Waals surface area contributed by atoms with Gasteiger partial charge < -0.3 is 4.90 Å². The average molecular weight is 353 g/mol. The summed E-state index contributed by atoms with van der Waals surface area (Å²) < 4.78 is 0. The highest BCUT2D eigenvalue weighted by Gasteiger charge is 2.32. The van der Waals surface area contributed by atoms with Crippen LogP contribution in [0.3, 0.4) is 0 Å². The fourth-order valence-electron chi connectivity index (χ4n) is 3.55. The lowest BCUT2D eigenvalue weighted by Gasteiger charge is -2.37. The molecule has 0 aromatic heterocycles. The molecule has 1 amide bonds. The Morgan fingerprint density at radius 3 is 2.62 bits per heavy atom. The normalized spacial score (nSPS) is 17.6. The van der Waals surface area contributed by atoms with Gasteiger partial charge in [0.25, 0.3) is 5.69 Å². The summed E-state index contributed by atoms with van der Waals surface area (Å²) in [6.45, 7) is 3.00. The predicted molar refractivity (Wildman–Crippen MR) is 101 cm³/mol. The molecule has 1 unspecified atom stereocenters. The summed E-state index contributed by atoms with van der Waals surface area (Å²) in [7, 11) is 1.91. The number of hydrogen-bond donors (Lipinski definition) is 0. The maximum absolute atomic E-state index is 13.0. The van der Waals surface area contributed by atoms with Crippen LogP contribution < -0.4 is 4.90 Å². The van der Waals surface area contributed by atoms with Crippen molar-refractivity contribution in [2.45, 2.75) is 32.4 Å². The molecule has 0 radical (unpaired) electrons. The van der Waals surface area contributed by atoms with Gasteiger partial charge in [0, 0.05) is 30.4 Å². The van der Waals surface area contributed by atoms with Crippen molar-refractivity contribution in [3.05, 3.63) is 69.8 Å². The lowest BCUT2D eigenvalue weighted by Crippen LogP contribution is -2.51. The van der Waals surface area contributed by atoms with E-state index < -0.39 is 0 Å². The fraction of sp³-hybridized carbons (Fsp3) is 0.350. The Bertz CT molecular complexity index is 807. The van der Waals surface area contributed by atoms with Crippen LogP contribution in [0.5, 0.6) is 0 Å². The first kappa shape index (κ1) is 18.1. The van der Waals surface area contributed by atoms with Gasteiger partial charge in [-0.2, -0.15) is 0 Å². The van der Waals surface area contributed by atoms with E-state index in [1.165, 1.54) is 6.07 Å². The van der Waals surface area contributed by atoms with Crippen molar-refractivity contribution in [3.63, 3.8) is 0 Å². The zero-order valence-electron chi connectivity index (χ0n) is 15.1. The van der Waals surface area contributed by atoms with Crippen molar-refractivity contribution >= 4 is 17.3 Å². The number of anilines is 1. The van der Waals surface area contributed by atoms with Crippen molar-refractivity contribution < 1.29 is 9.72 Å². The first-order valence-electron chi connectivity index (χ1n) is 8.78. The highest BCUT2D eigenvalue weighted by Crippen LogP contribution is 2.26. The Morgan fingerprint density at radius 1 is 1.19 bits per heavy atom. The third kappa shape index (κ3) is 3.60. The van der Waals surface area contributed by atoms with E-state index in [1.54, 1.807) is 13.0 Å². The molecule has 1 saturated heterocycles. The first-order chi connectivity index (χ1) is 12.5. The van der Waals surface area contributed by atoms with E-state index in [0.29, 0.717) is 12.1 Å². The molecule has 26 heavy (non-hydrogen) atoms. The van der Waals surface area contributed by atoms with Gasteiger partial charge in [-0.15, -0.1) is 0 Å². The summed E-state index contributed by atoms with van der Waals surface area (Å²) in [5, 5.41) is 11.1. The van der Waals surface area contributed by atoms with E-state index in [2.05, 4.69) is 0 Å². The Morgan fingerprint density at radius 2 is 1.92 bits per heavy atom. The van der Waals surface area contributed by atoms with Crippen LogP contribution in [0.15, 0.2) is 48.5 Å². The molecule has 1 aliphatic rings. The molecule has 0 N–H and O–H groups in total. The van der Waals surface area contributed by atoms with Gasteiger partial charge in [0.2, 0.25) is 5.91 Å². The highest BCUT2D eigenvalue weighted by molar-refractivity contribution is 5.97. The van der Waals surface area contributed by atoms with E-state index in [0.717, 1.165) is 30.6 Å².